The largest absolute Gasteiger partial charge is 0.354 e. The Kier molecular flexibility index (Phi) is 2.08. The molecule has 1 N–H and O–H groups in total. The maximum absolute atomic E-state index is 3.57. The number of H-pyrrole nitrogens is 1. The molecule has 0 saturated carbocycles. The van der Waals surface area contributed by atoms with Gasteiger partial charge < -0.3 is 4.98 Å². The zero-order chi connectivity index (χ0) is 11.3. The van der Waals surface area contributed by atoms with Crippen LogP contribution in [0.1, 0.15) is 11.1 Å². The second kappa shape index (κ2) is 3.36. The average molecular weight is 274 g/mol. The van der Waals surface area contributed by atoms with E-state index in [-0.39, 0.29) is 0 Å². The standard InChI is InChI=1S/C14H12BrN/c1-8-3-4-13-10(5-8)11-6-9(2)12(15)7-14(11)16-13/h3-7,16H,1-2H3. The molecule has 0 unspecified atom stereocenters. The minimum absolute atomic E-state index is 1.16. The van der Waals surface area contributed by atoms with Gasteiger partial charge in [0.2, 0.25) is 0 Å². The van der Waals surface area contributed by atoms with E-state index >= 15 is 0 Å². The lowest BCUT2D eigenvalue weighted by atomic mass is 10.1. The Morgan fingerprint density at radius 2 is 1.69 bits per heavy atom. The lowest BCUT2D eigenvalue weighted by Gasteiger charge is -1.98. The quantitative estimate of drug-likeness (QED) is 0.611. The molecule has 2 heteroatoms. The molecule has 0 saturated heterocycles. The van der Waals surface area contributed by atoms with Crippen molar-refractivity contribution in [1.29, 1.82) is 0 Å². The summed E-state index contributed by atoms with van der Waals surface area (Å²) < 4.78 is 1.16. The van der Waals surface area contributed by atoms with Crippen LogP contribution in [0.2, 0.25) is 0 Å². The number of halogens is 1. The van der Waals surface area contributed by atoms with Crippen molar-refractivity contribution in [2.75, 3.05) is 0 Å². The molecule has 0 fully saturated rings. The Hall–Kier alpha value is -1.28. The van der Waals surface area contributed by atoms with E-state index in [0.717, 1.165) is 4.47 Å². The second-order valence-electron chi connectivity index (χ2n) is 4.32. The van der Waals surface area contributed by atoms with Gasteiger partial charge in [0.25, 0.3) is 0 Å². The first-order valence-corrected chi connectivity index (χ1v) is 6.12. The van der Waals surface area contributed by atoms with Crippen LogP contribution in [-0.4, -0.2) is 4.98 Å². The van der Waals surface area contributed by atoms with Gasteiger partial charge >= 0.3 is 0 Å². The summed E-state index contributed by atoms with van der Waals surface area (Å²) in [5.41, 5.74) is 4.97. The summed E-state index contributed by atoms with van der Waals surface area (Å²) in [5, 5.41) is 2.62. The van der Waals surface area contributed by atoms with Crippen LogP contribution in [-0.2, 0) is 0 Å². The number of hydrogen-bond donors (Lipinski definition) is 1. The van der Waals surface area contributed by atoms with Gasteiger partial charge in [-0.15, -0.1) is 0 Å². The molecule has 1 heterocycles. The molecule has 3 rings (SSSR count). The van der Waals surface area contributed by atoms with E-state index in [1.807, 2.05) is 0 Å². The van der Waals surface area contributed by atoms with Gasteiger partial charge in [-0.05, 0) is 43.7 Å². The molecule has 0 aliphatic rings. The van der Waals surface area contributed by atoms with E-state index in [2.05, 4.69) is 65.1 Å². The summed E-state index contributed by atoms with van der Waals surface area (Å²) >= 11 is 3.57. The number of hydrogen-bond acceptors (Lipinski definition) is 0. The Labute approximate surface area is 103 Å². The molecule has 16 heavy (non-hydrogen) atoms. The van der Waals surface area contributed by atoms with Gasteiger partial charge in [0.15, 0.2) is 0 Å². The van der Waals surface area contributed by atoms with Crippen LogP contribution in [0.3, 0.4) is 0 Å². The third-order valence-electron chi connectivity index (χ3n) is 3.03. The minimum Gasteiger partial charge on any atom is -0.354 e. The van der Waals surface area contributed by atoms with Crippen molar-refractivity contribution >= 4 is 37.7 Å². The van der Waals surface area contributed by atoms with E-state index in [9.17, 15) is 0 Å². The van der Waals surface area contributed by atoms with Gasteiger partial charge in [0, 0.05) is 26.3 Å². The Morgan fingerprint density at radius 3 is 2.50 bits per heavy atom. The first kappa shape index (κ1) is 9.91. The van der Waals surface area contributed by atoms with Crippen molar-refractivity contribution in [3.05, 3.63) is 45.9 Å². The molecule has 1 nitrogen and oxygen atoms in total. The lowest BCUT2D eigenvalue weighted by Crippen LogP contribution is -1.75. The van der Waals surface area contributed by atoms with Crippen LogP contribution < -0.4 is 0 Å². The van der Waals surface area contributed by atoms with Gasteiger partial charge in [-0.2, -0.15) is 0 Å². The highest BCUT2D eigenvalue weighted by Crippen LogP contribution is 2.30. The number of nitrogens with one attached hydrogen (secondary N) is 1. The van der Waals surface area contributed by atoms with Gasteiger partial charge in [-0.3, -0.25) is 0 Å². The van der Waals surface area contributed by atoms with E-state index in [4.69, 9.17) is 0 Å². The molecule has 0 spiro atoms. The van der Waals surface area contributed by atoms with Crippen molar-refractivity contribution in [2.45, 2.75) is 13.8 Å². The van der Waals surface area contributed by atoms with Gasteiger partial charge in [0.1, 0.15) is 0 Å². The molecule has 0 bridgehead atoms. The molecule has 0 radical (unpaired) electrons. The Morgan fingerprint density at radius 1 is 0.938 bits per heavy atom. The SMILES string of the molecule is Cc1ccc2[nH]c3cc(Br)c(C)cc3c2c1. The molecule has 80 valence electrons. The van der Waals surface area contributed by atoms with Crippen LogP contribution in [0.5, 0.6) is 0 Å². The zero-order valence-corrected chi connectivity index (χ0v) is 10.9. The van der Waals surface area contributed by atoms with Crippen molar-refractivity contribution in [3.63, 3.8) is 0 Å². The van der Waals surface area contributed by atoms with Crippen molar-refractivity contribution < 1.29 is 0 Å². The predicted molar refractivity (Wildman–Crippen MR) is 73.0 cm³/mol. The van der Waals surface area contributed by atoms with E-state index in [1.165, 1.54) is 32.9 Å². The summed E-state index contributed by atoms with van der Waals surface area (Å²) in [6.45, 7) is 4.25. The third kappa shape index (κ3) is 1.37. The number of benzene rings is 2. The first-order valence-electron chi connectivity index (χ1n) is 5.33. The van der Waals surface area contributed by atoms with Crippen LogP contribution in [0.25, 0.3) is 21.8 Å². The first-order chi connectivity index (χ1) is 7.65. The van der Waals surface area contributed by atoms with E-state index in [0.29, 0.717) is 0 Å². The third-order valence-corrected chi connectivity index (χ3v) is 3.89. The molecule has 1 aromatic heterocycles. The number of fused-ring (bicyclic) bond motifs is 3. The fraction of sp³-hybridized carbons (Fsp3) is 0.143. The molecule has 0 aliphatic carbocycles. The normalized spacial score (nSPS) is 11.4. The summed E-state index contributed by atoms with van der Waals surface area (Å²) in [6.07, 6.45) is 0. The summed E-state index contributed by atoms with van der Waals surface area (Å²) in [6, 6.07) is 10.9. The maximum Gasteiger partial charge on any atom is 0.0476 e. The average Bonchev–Trinajstić information content (AvgIpc) is 2.57. The molecular weight excluding hydrogens is 262 g/mol. The zero-order valence-electron chi connectivity index (χ0n) is 9.26. The Bertz CT molecular complexity index is 695. The molecule has 2 aromatic carbocycles. The fourth-order valence-corrected chi connectivity index (χ4v) is 2.49. The number of aromatic amines is 1. The molecular formula is C14H12BrN. The van der Waals surface area contributed by atoms with Crippen LogP contribution >= 0.6 is 15.9 Å². The topological polar surface area (TPSA) is 15.8 Å². The fourth-order valence-electron chi connectivity index (χ4n) is 2.14. The maximum atomic E-state index is 3.57. The van der Waals surface area contributed by atoms with E-state index < -0.39 is 0 Å². The number of rotatable bonds is 0. The number of aryl methyl sites for hydroxylation is 2. The monoisotopic (exact) mass is 273 g/mol. The Balaban J connectivity index is 2.53. The highest BCUT2D eigenvalue weighted by molar-refractivity contribution is 9.10. The molecule has 0 amide bonds. The lowest BCUT2D eigenvalue weighted by molar-refractivity contribution is 1.45. The summed E-state index contributed by atoms with van der Waals surface area (Å²) in [7, 11) is 0. The van der Waals surface area contributed by atoms with Crippen molar-refractivity contribution in [3.8, 4) is 0 Å². The van der Waals surface area contributed by atoms with Crippen LogP contribution in [0.4, 0.5) is 0 Å². The molecule has 3 aromatic rings. The van der Waals surface area contributed by atoms with Crippen molar-refractivity contribution in [1.82, 2.24) is 4.98 Å². The highest BCUT2D eigenvalue weighted by Gasteiger charge is 2.06. The summed E-state index contributed by atoms with van der Waals surface area (Å²) in [4.78, 5) is 3.44. The van der Waals surface area contributed by atoms with Gasteiger partial charge in [0.05, 0.1) is 0 Å². The van der Waals surface area contributed by atoms with Gasteiger partial charge in [-0.1, -0.05) is 27.6 Å². The molecule has 0 aliphatic heterocycles. The van der Waals surface area contributed by atoms with E-state index in [1.54, 1.807) is 0 Å². The van der Waals surface area contributed by atoms with Crippen molar-refractivity contribution in [2.24, 2.45) is 0 Å². The minimum atomic E-state index is 1.16. The smallest absolute Gasteiger partial charge is 0.0476 e. The second-order valence-corrected chi connectivity index (χ2v) is 5.18. The molecule has 0 atom stereocenters. The van der Waals surface area contributed by atoms with Crippen LogP contribution in [0, 0.1) is 13.8 Å². The summed E-state index contributed by atoms with van der Waals surface area (Å²) in [5.74, 6) is 0. The predicted octanol–water partition coefficient (Wildman–Crippen LogP) is 4.70. The number of aromatic nitrogens is 1. The highest BCUT2D eigenvalue weighted by atomic mass is 79.9. The van der Waals surface area contributed by atoms with Crippen LogP contribution in [0.15, 0.2) is 34.8 Å². The van der Waals surface area contributed by atoms with Gasteiger partial charge in [-0.25, -0.2) is 0 Å².